The first kappa shape index (κ1) is 10.3. The van der Waals surface area contributed by atoms with Gasteiger partial charge in [0.2, 0.25) is 8.32 Å². The molecule has 0 radical (unpaired) electrons. The van der Waals surface area contributed by atoms with Gasteiger partial charge in [0.15, 0.2) is 0 Å². The standard InChI is InChI=1S/C7H13IOSi/c1-7(5-6-8)9-10(2,3)4/h6H,1-4H3. The SMILES string of the molecule is CC(=C=CI)O[Si](C)(C)C. The smallest absolute Gasteiger partial charge is 0.242 e. The maximum absolute atomic E-state index is 5.59. The van der Waals surface area contributed by atoms with Crippen LogP contribution in [0.1, 0.15) is 6.92 Å². The topological polar surface area (TPSA) is 9.23 Å². The monoisotopic (exact) mass is 268 g/mol. The van der Waals surface area contributed by atoms with Gasteiger partial charge >= 0.3 is 0 Å². The van der Waals surface area contributed by atoms with E-state index < -0.39 is 8.32 Å². The molecule has 1 nitrogen and oxygen atoms in total. The Morgan fingerprint density at radius 3 is 2.30 bits per heavy atom. The number of halogens is 1. The van der Waals surface area contributed by atoms with Crippen LogP contribution in [0.3, 0.4) is 0 Å². The molecule has 0 aromatic carbocycles. The van der Waals surface area contributed by atoms with Crippen molar-refractivity contribution in [2.45, 2.75) is 26.6 Å². The Morgan fingerprint density at radius 2 is 2.00 bits per heavy atom. The molecule has 0 fully saturated rings. The van der Waals surface area contributed by atoms with E-state index in [0.29, 0.717) is 0 Å². The highest BCUT2D eigenvalue weighted by Gasteiger charge is 2.15. The van der Waals surface area contributed by atoms with Crippen LogP contribution in [-0.2, 0) is 4.43 Å². The molecule has 0 spiro atoms. The molecule has 58 valence electrons. The molecule has 0 saturated heterocycles. The second-order valence-corrected chi connectivity index (χ2v) is 8.08. The summed E-state index contributed by atoms with van der Waals surface area (Å²) in [4.78, 5) is 0. The lowest BCUT2D eigenvalue weighted by Gasteiger charge is -2.17. The highest BCUT2D eigenvalue weighted by Crippen LogP contribution is 2.08. The molecule has 0 heterocycles. The molecule has 0 amide bonds. The summed E-state index contributed by atoms with van der Waals surface area (Å²) in [5.74, 6) is 0.897. The quantitative estimate of drug-likeness (QED) is 0.323. The van der Waals surface area contributed by atoms with Crippen molar-refractivity contribution in [3.05, 3.63) is 15.6 Å². The van der Waals surface area contributed by atoms with Gasteiger partial charge in [-0.15, -0.1) is 0 Å². The average Bonchev–Trinajstić information content (AvgIpc) is 1.59. The minimum atomic E-state index is -1.38. The van der Waals surface area contributed by atoms with E-state index in [2.05, 4.69) is 48.0 Å². The predicted octanol–water partition coefficient (Wildman–Crippen LogP) is 3.29. The highest BCUT2D eigenvalue weighted by molar-refractivity contribution is 14.1. The molecule has 0 aromatic heterocycles. The Kier molecular flexibility index (Phi) is 4.32. The first-order chi connectivity index (χ1) is 4.45. The largest absolute Gasteiger partial charge is 0.542 e. The molecule has 0 aliphatic carbocycles. The second-order valence-electron chi connectivity index (χ2n) is 3.02. The third-order valence-electron chi connectivity index (χ3n) is 0.717. The van der Waals surface area contributed by atoms with Gasteiger partial charge in [-0.2, -0.15) is 0 Å². The summed E-state index contributed by atoms with van der Waals surface area (Å²) in [6, 6.07) is 0. The van der Waals surface area contributed by atoms with E-state index in [1.165, 1.54) is 0 Å². The van der Waals surface area contributed by atoms with Gasteiger partial charge in [-0.3, -0.25) is 0 Å². The molecule has 0 N–H and O–H groups in total. The van der Waals surface area contributed by atoms with Gasteiger partial charge in [-0.1, -0.05) is 5.73 Å². The van der Waals surface area contributed by atoms with Crippen LogP contribution >= 0.6 is 22.6 Å². The van der Waals surface area contributed by atoms with Gasteiger partial charge in [0.05, 0.1) is 0 Å². The zero-order valence-corrected chi connectivity index (χ0v) is 10.0. The van der Waals surface area contributed by atoms with E-state index in [1.54, 1.807) is 0 Å². The fourth-order valence-corrected chi connectivity index (χ4v) is 1.98. The van der Waals surface area contributed by atoms with Crippen LogP contribution < -0.4 is 0 Å². The Labute approximate surface area is 77.4 Å². The summed E-state index contributed by atoms with van der Waals surface area (Å²) in [5.41, 5.74) is 2.99. The van der Waals surface area contributed by atoms with Gasteiger partial charge in [0.25, 0.3) is 0 Å². The Hall–Kier alpha value is 0.267. The van der Waals surface area contributed by atoms with Crippen LogP contribution in [0.25, 0.3) is 0 Å². The predicted molar refractivity (Wildman–Crippen MR) is 55.7 cm³/mol. The normalized spacial score (nSPS) is 10.1. The van der Waals surface area contributed by atoms with E-state index in [4.69, 9.17) is 4.43 Å². The van der Waals surface area contributed by atoms with Crippen molar-refractivity contribution >= 4 is 30.9 Å². The number of rotatable bonds is 2. The van der Waals surface area contributed by atoms with Crippen molar-refractivity contribution in [1.29, 1.82) is 0 Å². The summed E-state index contributed by atoms with van der Waals surface area (Å²) in [7, 11) is -1.38. The fraction of sp³-hybridized carbons (Fsp3) is 0.571. The molecule has 3 heteroatoms. The summed E-state index contributed by atoms with van der Waals surface area (Å²) in [6.45, 7) is 8.41. The lowest BCUT2D eigenvalue weighted by Crippen LogP contribution is -2.23. The van der Waals surface area contributed by atoms with E-state index in [9.17, 15) is 0 Å². The summed E-state index contributed by atoms with van der Waals surface area (Å²) >= 11 is 2.13. The molecule has 0 unspecified atom stereocenters. The Bertz CT molecular complexity index is 163. The maximum atomic E-state index is 5.59. The van der Waals surface area contributed by atoms with Crippen LogP contribution in [0.5, 0.6) is 0 Å². The van der Waals surface area contributed by atoms with Crippen molar-refractivity contribution in [1.82, 2.24) is 0 Å². The molecule has 0 aromatic rings. The van der Waals surface area contributed by atoms with Gasteiger partial charge in [-0.25, -0.2) is 0 Å². The lowest BCUT2D eigenvalue weighted by atomic mass is 10.6. The molecule has 0 saturated carbocycles. The van der Waals surface area contributed by atoms with Crippen LogP contribution in [0.2, 0.25) is 19.6 Å². The van der Waals surface area contributed by atoms with Crippen molar-refractivity contribution in [3.63, 3.8) is 0 Å². The Morgan fingerprint density at radius 1 is 1.50 bits per heavy atom. The zero-order valence-electron chi connectivity index (χ0n) is 6.86. The van der Waals surface area contributed by atoms with Crippen molar-refractivity contribution in [2.24, 2.45) is 0 Å². The molecular formula is C7H13IOSi. The van der Waals surface area contributed by atoms with Crippen LogP contribution in [0.4, 0.5) is 0 Å². The third kappa shape index (κ3) is 6.39. The molecule has 0 bridgehead atoms. The van der Waals surface area contributed by atoms with E-state index in [-0.39, 0.29) is 0 Å². The first-order valence-corrected chi connectivity index (χ1v) is 7.82. The minimum absolute atomic E-state index is 0.897. The van der Waals surface area contributed by atoms with Crippen molar-refractivity contribution in [2.75, 3.05) is 0 Å². The van der Waals surface area contributed by atoms with Crippen LogP contribution in [0.15, 0.2) is 15.6 Å². The molecule has 0 aliphatic heterocycles. The second kappa shape index (κ2) is 4.21. The van der Waals surface area contributed by atoms with Crippen LogP contribution in [0, 0.1) is 0 Å². The molecule has 0 rings (SSSR count). The molecule has 0 atom stereocenters. The van der Waals surface area contributed by atoms with Gasteiger partial charge in [0, 0.05) is 4.08 Å². The van der Waals surface area contributed by atoms with Gasteiger partial charge in [0.1, 0.15) is 5.76 Å². The van der Waals surface area contributed by atoms with Gasteiger partial charge in [-0.05, 0) is 49.2 Å². The zero-order chi connectivity index (χ0) is 8.20. The number of allylic oxidation sites excluding steroid dienone is 1. The summed E-state index contributed by atoms with van der Waals surface area (Å²) < 4.78 is 7.43. The maximum Gasteiger partial charge on any atom is 0.242 e. The third-order valence-corrected chi connectivity index (χ3v) is 1.95. The Balaban J connectivity index is 4.05. The highest BCUT2D eigenvalue weighted by atomic mass is 127. The van der Waals surface area contributed by atoms with E-state index >= 15 is 0 Å². The first-order valence-electron chi connectivity index (χ1n) is 3.17. The van der Waals surface area contributed by atoms with E-state index in [1.807, 2.05) is 11.0 Å². The van der Waals surface area contributed by atoms with Crippen molar-refractivity contribution in [3.8, 4) is 0 Å². The fourth-order valence-electron chi connectivity index (χ4n) is 0.566. The average molecular weight is 268 g/mol. The summed E-state index contributed by atoms with van der Waals surface area (Å²) in [5, 5.41) is 0. The minimum Gasteiger partial charge on any atom is -0.542 e. The molecule has 10 heavy (non-hydrogen) atoms. The van der Waals surface area contributed by atoms with Crippen LogP contribution in [-0.4, -0.2) is 8.32 Å². The lowest BCUT2D eigenvalue weighted by molar-refractivity contribution is 0.426. The number of hydrogen-bond donors (Lipinski definition) is 0. The molecular weight excluding hydrogens is 255 g/mol. The summed E-state index contributed by atoms with van der Waals surface area (Å²) in [6.07, 6.45) is 0. The van der Waals surface area contributed by atoms with Gasteiger partial charge < -0.3 is 4.43 Å². The van der Waals surface area contributed by atoms with Crippen molar-refractivity contribution < 1.29 is 4.43 Å². The molecule has 0 aliphatic rings. The van der Waals surface area contributed by atoms with E-state index in [0.717, 1.165) is 5.76 Å². The number of hydrogen-bond acceptors (Lipinski definition) is 1.